The van der Waals surface area contributed by atoms with Crippen LogP contribution in [0.4, 0.5) is 22.7 Å². The molecule has 0 radical (unpaired) electrons. The number of aryl methyl sites for hydroxylation is 1. The van der Waals surface area contributed by atoms with E-state index >= 15 is 0 Å². The van der Waals surface area contributed by atoms with Gasteiger partial charge in [-0.15, -0.1) is 0 Å². The Morgan fingerprint density at radius 1 is 0.484 bits per heavy atom. The summed E-state index contributed by atoms with van der Waals surface area (Å²) in [6.07, 6.45) is 2.02. The van der Waals surface area contributed by atoms with Gasteiger partial charge in [0.2, 0.25) is 0 Å². The molecule has 0 saturated carbocycles. The van der Waals surface area contributed by atoms with Gasteiger partial charge in [0.15, 0.2) is 0 Å². The maximum atomic E-state index is 6.77. The Bertz CT molecular complexity index is 3100. The van der Waals surface area contributed by atoms with Crippen molar-refractivity contribution in [3.8, 4) is 39.6 Å². The number of anilines is 4. The number of ether oxygens (including phenoxy) is 1. The van der Waals surface area contributed by atoms with Crippen LogP contribution in [-0.2, 0) is 10.8 Å². The van der Waals surface area contributed by atoms with E-state index in [0.29, 0.717) is 6.67 Å². The van der Waals surface area contributed by atoms with Crippen LogP contribution >= 0.6 is 0 Å². The van der Waals surface area contributed by atoms with Crippen molar-refractivity contribution in [3.63, 3.8) is 0 Å². The number of hydrogen-bond acceptors (Lipinski definition) is 4. The van der Waals surface area contributed by atoms with Crippen LogP contribution in [0.2, 0.25) is 0 Å². The topological polar surface area (TPSA) is 33.5 Å². The Balaban J connectivity index is 0.994. The molecular weight excluding hydrogens is 757 g/mol. The average Bonchev–Trinajstić information content (AvgIpc) is 3.82. The van der Waals surface area contributed by atoms with E-state index < -0.39 is 0 Å². The van der Waals surface area contributed by atoms with Crippen molar-refractivity contribution in [1.82, 2.24) is 9.55 Å². The van der Waals surface area contributed by atoms with Crippen LogP contribution in [0.1, 0.15) is 58.2 Å². The monoisotopic (exact) mass is 808 g/mol. The van der Waals surface area contributed by atoms with Crippen molar-refractivity contribution >= 4 is 44.6 Å². The SMILES string of the molecule is Cc1cc(-n2c3ccccc3c3ccc(Oc4cccc(N5CN(c6ccc(C(C)(C)C)cc6)c6ccc(-c7ccccc7)cc65)c4)cc32)ncc1-c1ccc(C(C)(C)C)cc1. The van der Waals surface area contributed by atoms with Gasteiger partial charge in [0.25, 0.3) is 0 Å². The molecule has 0 amide bonds. The quantitative estimate of drug-likeness (QED) is 0.161. The first kappa shape index (κ1) is 39.1. The molecule has 5 nitrogen and oxygen atoms in total. The van der Waals surface area contributed by atoms with Crippen LogP contribution in [0.25, 0.3) is 49.9 Å². The van der Waals surface area contributed by atoms with Gasteiger partial charge in [-0.05, 0) is 112 Å². The third kappa shape index (κ3) is 7.17. The van der Waals surface area contributed by atoms with Crippen molar-refractivity contribution in [2.45, 2.75) is 59.3 Å². The predicted octanol–water partition coefficient (Wildman–Crippen LogP) is 15.5. The van der Waals surface area contributed by atoms with E-state index in [0.717, 1.165) is 50.7 Å². The lowest BCUT2D eigenvalue weighted by molar-refractivity contribution is 0.483. The Labute approximate surface area is 365 Å². The maximum Gasteiger partial charge on any atom is 0.137 e. The number of aromatic nitrogens is 2. The first-order chi connectivity index (χ1) is 29.9. The number of hydrogen-bond donors (Lipinski definition) is 0. The highest BCUT2D eigenvalue weighted by Gasteiger charge is 2.29. The number of nitrogens with zero attached hydrogens (tertiary/aromatic N) is 4. The summed E-state index contributed by atoms with van der Waals surface area (Å²) < 4.78 is 9.04. The van der Waals surface area contributed by atoms with E-state index in [2.05, 4.69) is 227 Å². The van der Waals surface area contributed by atoms with Crippen LogP contribution in [-0.4, -0.2) is 16.2 Å². The minimum Gasteiger partial charge on any atom is -0.457 e. The third-order valence-corrected chi connectivity index (χ3v) is 12.4. The van der Waals surface area contributed by atoms with Gasteiger partial charge >= 0.3 is 0 Å². The summed E-state index contributed by atoms with van der Waals surface area (Å²) in [5.74, 6) is 2.41. The molecule has 306 valence electrons. The number of fused-ring (bicyclic) bond motifs is 4. The Kier molecular flexibility index (Phi) is 9.52. The van der Waals surface area contributed by atoms with Gasteiger partial charge in [0.1, 0.15) is 24.0 Å². The van der Waals surface area contributed by atoms with E-state index in [1.807, 2.05) is 12.3 Å². The minimum absolute atomic E-state index is 0.0842. The summed E-state index contributed by atoms with van der Waals surface area (Å²) in [7, 11) is 0. The molecule has 3 heterocycles. The van der Waals surface area contributed by atoms with E-state index in [-0.39, 0.29) is 10.8 Å². The Hall–Kier alpha value is -7.11. The van der Waals surface area contributed by atoms with Crippen molar-refractivity contribution in [3.05, 3.63) is 193 Å². The highest BCUT2D eigenvalue weighted by atomic mass is 16.5. The highest BCUT2D eigenvalue weighted by Crippen LogP contribution is 2.47. The lowest BCUT2D eigenvalue weighted by Gasteiger charge is -2.24. The Morgan fingerprint density at radius 2 is 1.13 bits per heavy atom. The average molecular weight is 809 g/mol. The fourth-order valence-corrected chi connectivity index (χ4v) is 8.88. The van der Waals surface area contributed by atoms with Crippen LogP contribution in [0.15, 0.2) is 176 Å². The number of rotatable bonds is 7. The van der Waals surface area contributed by atoms with Gasteiger partial charge in [-0.2, -0.15) is 0 Å². The second-order valence-corrected chi connectivity index (χ2v) is 18.7. The van der Waals surface area contributed by atoms with Crippen molar-refractivity contribution in [2.24, 2.45) is 0 Å². The second kappa shape index (κ2) is 15.1. The van der Waals surface area contributed by atoms with E-state index in [4.69, 9.17) is 9.72 Å². The molecule has 0 saturated heterocycles. The molecule has 0 unspecified atom stereocenters. The van der Waals surface area contributed by atoms with Gasteiger partial charge in [-0.3, -0.25) is 4.57 Å². The first-order valence-corrected chi connectivity index (χ1v) is 21.6. The van der Waals surface area contributed by atoms with Crippen LogP contribution < -0.4 is 14.5 Å². The van der Waals surface area contributed by atoms with Gasteiger partial charge in [-0.1, -0.05) is 139 Å². The molecule has 1 aliphatic rings. The minimum atomic E-state index is 0.0842. The van der Waals surface area contributed by atoms with E-state index in [9.17, 15) is 0 Å². The largest absolute Gasteiger partial charge is 0.457 e. The Morgan fingerprint density at radius 3 is 1.85 bits per heavy atom. The van der Waals surface area contributed by atoms with Crippen LogP contribution in [0.3, 0.4) is 0 Å². The van der Waals surface area contributed by atoms with Crippen molar-refractivity contribution in [1.29, 1.82) is 0 Å². The zero-order valence-electron chi connectivity index (χ0n) is 36.6. The summed E-state index contributed by atoms with van der Waals surface area (Å²) >= 11 is 0. The zero-order valence-corrected chi connectivity index (χ0v) is 36.6. The summed E-state index contributed by atoms with van der Waals surface area (Å²) in [4.78, 5) is 9.90. The maximum absolute atomic E-state index is 6.77. The summed E-state index contributed by atoms with van der Waals surface area (Å²) in [5, 5.41) is 2.33. The molecule has 0 N–H and O–H groups in total. The smallest absolute Gasteiger partial charge is 0.137 e. The summed E-state index contributed by atoms with van der Waals surface area (Å²) in [5.41, 5.74) is 15.4. The van der Waals surface area contributed by atoms with Crippen molar-refractivity contribution < 1.29 is 4.74 Å². The lowest BCUT2D eigenvalue weighted by atomic mass is 9.86. The molecule has 9 aromatic rings. The predicted molar refractivity (Wildman–Crippen MR) is 260 cm³/mol. The standard InChI is InChI=1S/C57H52N4O/c1-38-32-55(58-36-50(38)40-20-23-42(24-21-40)56(2,3)4)61-51-19-12-11-18-48(51)49-30-29-47(35-53(49)61)62-46-17-13-16-45(34-46)60-37-59(44-27-25-43(26-28-44)57(5,6)7)52-31-22-41(33-54(52)60)39-14-9-8-10-15-39/h8-36H,37H2,1-7H3. The molecule has 1 aliphatic heterocycles. The van der Waals surface area contributed by atoms with Crippen LogP contribution in [0.5, 0.6) is 11.5 Å². The summed E-state index contributed by atoms with van der Waals surface area (Å²) in [6.45, 7) is 16.4. The molecule has 0 atom stereocenters. The second-order valence-electron chi connectivity index (χ2n) is 18.7. The van der Waals surface area contributed by atoms with Gasteiger partial charge in [-0.25, -0.2) is 4.98 Å². The van der Waals surface area contributed by atoms with E-state index in [1.54, 1.807) is 0 Å². The van der Waals surface area contributed by atoms with Gasteiger partial charge in [0, 0.05) is 46.0 Å². The summed E-state index contributed by atoms with van der Waals surface area (Å²) in [6, 6.07) is 61.0. The van der Waals surface area contributed by atoms with E-state index in [1.165, 1.54) is 50.1 Å². The van der Waals surface area contributed by atoms with Gasteiger partial charge in [0.05, 0.1) is 22.4 Å². The molecule has 0 bridgehead atoms. The number of para-hydroxylation sites is 1. The first-order valence-electron chi connectivity index (χ1n) is 21.6. The highest BCUT2D eigenvalue weighted by molar-refractivity contribution is 6.09. The molecule has 7 aromatic carbocycles. The number of benzene rings is 7. The molecule has 0 aliphatic carbocycles. The fraction of sp³-hybridized carbons (Fsp3) is 0.175. The molecule has 5 heteroatoms. The fourth-order valence-electron chi connectivity index (χ4n) is 8.88. The zero-order chi connectivity index (χ0) is 42.8. The molecule has 10 rings (SSSR count). The molecular formula is C57H52N4O. The van der Waals surface area contributed by atoms with Crippen LogP contribution in [0, 0.1) is 6.92 Å². The normalized spacial score (nSPS) is 13.0. The van der Waals surface area contributed by atoms with Crippen molar-refractivity contribution in [2.75, 3.05) is 16.5 Å². The third-order valence-electron chi connectivity index (χ3n) is 12.4. The molecule has 0 spiro atoms. The van der Waals surface area contributed by atoms with Gasteiger partial charge < -0.3 is 14.5 Å². The molecule has 0 fully saturated rings. The molecule has 2 aromatic heterocycles. The molecule has 62 heavy (non-hydrogen) atoms. The number of pyridine rings is 1. The lowest BCUT2D eigenvalue weighted by Crippen LogP contribution is -2.24.